The normalized spacial score (nSPS) is 17.2. The lowest BCUT2D eigenvalue weighted by atomic mass is 9.96. The first-order valence-corrected chi connectivity index (χ1v) is 9.72. The van der Waals surface area contributed by atoms with E-state index in [1.54, 1.807) is 6.20 Å². The number of aromatic nitrogens is 2. The van der Waals surface area contributed by atoms with Crippen LogP contribution in [0.25, 0.3) is 0 Å². The van der Waals surface area contributed by atoms with Gasteiger partial charge in [0, 0.05) is 32.5 Å². The lowest BCUT2D eigenvalue weighted by Gasteiger charge is -2.31. The minimum absolute atomic E-state index is 0.0209. The Kier molecular flexibility index (Phi) is 6.31. The first-order chi connectivity index (χ1) is 12.7. The molecule has 1 saturated carbocycles. The molecule has 1 aliphatic rings. The van der Waals surface area contributed by atoms with Crippen LogP contribution in [-0.2, 0) is 7.05 Å². The van der Waals surface area contributed by atoms with E-state index in [1.165, 1.54) is 32.1 Å². The number of aryl methyl sites for hydroxylation is 1. The van der Waals surface area contributed by atoms with E-state index in [-0.39, 0.29) is 12.1 Å². The van der Waals surface area contributed by atoms with Crippen molar-refractivity contribution in [3.63, 3.8) is 0 Å². The van der Waals surface area contributed by atoms with Gasteiger partial charge in [-0.15, -0.1) is 0 Å². The van der Waals surface area contributed by atoms with Gasteiger partial charge in [0.25, 0.3) is 0 Å². The summed E-state index contributed by atoms with van der Waals surface area (Å²) in [7, 11) is 3.89. The predicted molar refractivity (Wildman–Crippen MR) is 104 cm³/mol. The predicted octanol–water partition coefficient (Wildman–Crippen LogP) is 4.26. The van der Waals surface area contributed by atoms with E-state index in [2.05, 4.69) is 10.3 Å². The molecule has 3 rings (SSSR count). The van der Waals surface area contributed by atoms with Crippen LogP contribution in [0.4, 0.5) is 4.79 Å². The highest BCUT2D eigenvalue weighted by atomic mass is 16.2. The van der Waals surface area contributed by atoms with Crippen LogP contribution < -0.4 is 5.32 Å². The minimum Gasteiger partial charge on any atom is -0.336 e. The number of rotatable bonds is 4. The molecule has 0 saturated heterocycles. The number of nitrogens with one attached hydrogen (secondary N) is 1. The third-order valence-electron chi connectivity index (χ3n) is 5.46. The molecule has 5 nitrogen and oxygen atoms in total. The van der Waals surface area contributed by atoms with E-state index in [1.807, 2.05) is 60.1 Å². The number of hydrogen-bond donors (Lipinski definition) is 1. The summed E-state index contributed by atoms with van der Waals surface area (Å²) in [5.74, 6) is 0.843. The summed E-state index contributed by atoms with van der Waals surface area (Å²) in [4.78, 5) is 19.4. The van der Waals surface area contributed by atoms with Gasteiger partial charge in [-0.05, 0) is 18.4 Å². The first-order valence-electron chi connectivity index (χ1n) is 9.72. The van der Waals surface area contributed by atoms with E-state index in [9.17, 15) is 4.79 Å². The molecule has 1 aromatic carbocycles. The molecule has 5 heteroatoms. The van der Waals surface area contributed by atoms with Gasteiger partial charge < -0.3 is 14.8 Å². The van der Waals surface area contributed by atoms with E-state index in [4.69, 9.17) is 0 Å². The Morgan fingerprint density at radius 1 is 1.15 bits per heavy atom. The highest BCUT2D eigenvalue weighted by molar-refractivity contribution is 5.75. The summed E-state index contributed by atoms with van der Waals surface area (Å²) in [5, 5.41) is 3.21. The largest absolute Gasteiger partial charge is 0.336 e. The van der Waals surface area contributed by atoms with Crippen molar-refractivity contribution in [1.82, 2.24) is 19.8 Å². The smallest absolute Gasteiger partial charge is 0.318 e. The van der Waals surface area contributed by atoms with Crippen molar-refractivity contribution in [3.05, 3.63) is 54.1 Å². The molecule has 140 valence electrons. The number of carbonyl (C=O) groups excluding carboxylic acids is 1. The fraction of sp³-hybridized carbons (Fsp3) is 0.524. The van der Waals surface area contributed by atoms with Crippen LogP contribution in [0.1, 0.15) is 62.4 Å². The molecule has 0 bridgehead atoms. The van der Waals surface area contributed by atoms with Gasteiger partial charge in [-0.3, -0.25) is 0 Å². The summed E-state index contributed by atoms with van der Waals surface area (Å²) in [6.07, 6.45) is 12.2. The van der Waals surface area contributed by atoms with E-state index in [0.29, 0.717) is 6.04 Å². The molecule has 0 spiro atoms. The number of amides is 2. The molecule has 1 heterocycles. The Hall–Kier alpha value is -2.30. The van der Waals surface area contributed by atoms with Gasteiger partial charge in [0.1, 0.15) is 11.9 Å². The summed E-state index contributed by atoms with van der Waals surface area (Å²) >= 11 is 0. The second-order valence-corrected chi connectivity index (χ2v) is 7.30. The van der Waals surface area contributed by atoms with E-state index >= 15 is 0 Å². The molecule has 0 radical (unpaired) electrons. The number of urea groups is 1. The molecule has 1 aromatic heterocycles. The Labute approximate surface area is 156 Å². The first kappa shape index (κ1) is 18.5. The zero-order valence-corrected chi connectivity index (χ0v) is 15.9. The Bertz CT molecular complexity index is 689. The molecular formula is C21H30N4O. The van der Waals surface area contributed by atoms with Crippen molar-refractivity contribution < 1.29 is 4.79 Å². The fourth-order valence-corrected chi connectivity index (χ4v) is 3.81. The Balaban J connectivity index is 1.75. The highest BCUT2D eigenvalue weighted by Crippen LogP contribution is 2.23. The highest BCUT2D eigenvalue weighted by Gasteiger charge is 2.25. The Morgan fingerprint density at radius 2 is 1.81 bits per heavy atom. The van der Waals surface area contributed by atoms with E-state index < -0.39 is 0 Å². The molecule has 1 aliphatic carbocycles. The third kappa shape index (κ3) is 4.45. The molecule has 0 aliphatic heterocycles. The second-order valence-electron chi connectivity index (χ2n) is 7.30. The van der Waals surface area contributed by atoms with Crippen molar-refractivity contribution in [2.24, 2.45) is 7.05 Å². The maximum Gasteiger partial charge on any atom is 0.318 e. The minimum atomic E-state index is -0.250. The van der Waals surface area contributed by atoms with Crippen LogP contribution in [0, 0.1) is 0 Å². The van der Waals surface area contributed by atoms with Crippen LogP contribution in [0.5, 0.6) is 0 Å². The number of hydrogen-bond acceptors (Lipinski definition) is 2. The maximum absolute atomic E-state index is 13.0. The molecule has 1 unspecified atom stereocenters. The van der Waals surface area contributed by atoms with Gasteiger partial charge >= 0.3 is 6.03 Å². The molecule has 1 N–H and O–H groups in total. The van der Waals surface area contributed by atoms with Crippen molar-refractivity contribution in [3.8, 4) is 0 Å². The van der Waals surface area contributed by atoms with Crippen molar-refractivity contribution >= 4 is 6.03 Å². The SMILES string of the molecule is CN(C(=O)NC(c1ccccc1)c1nccn1C)C1CCCCCCC1. The van der Waals surface area contributed by atoms with Crippen molar-refractivity contribution in [2.75, 3.05) is 7.05 Å². The standard InChI is InChI=1S/C21H30N4O/c1-24-16-15-22-20(24)19(17-11-7-6-8-12-17)23-21(26)25(2)18-13-9-4-3-5-10-14-18/h6-8,11-12,15-16,18-19H,3-5,9-10,13-14H2,1-2H3,(H,23,26). The van der Waals surface area contributed by atoms with Crippen molar-refractivity contribution in [1.29, 1.82) is 0 Å². The summed E-state index contributed by atoms with van der Waals surface area (Å²) < 4.78 is 1.97. The van der Waals surface area contributed by atoms with Gasteiger partial charge in [-0.25, -0.2) is 9.78 Å². The average molecular weight is 354 g/mol. The van der Waals surface area contributed by atoms with Gasteiger partial charge in [-0.1, -0.05) is 62.4 Å². The zero-order chi connectivity index (χ0) is 18.4. The number of benzene rings is 1. The molecule has 2 aromatic rings. The average Bonchev–Trinajstić information content (AvgIpc) is 3.05. The molecule has 26 heavy (non-hydrogen) atoms. The molecule has 1 atom stereocenters. The van der Waals surface area contributed by atoms with Gasteiger partial charge in [0.05, 0.1) is 0 Å². The summed E-state index contributed by atoms with van der Waals surface area (Å²) in [6.45, 7) is 0. The topological polar surface area (TPSA) is 50.2 Å². The third-order valence-corrected chi connectivity index (χ3v) is 5.46. The van der Waals surface area contributed by atoms with Gasteiger partial charge in [0.2, 0.25) is 0 Å². The lowest BCUT2D eigenvalue weighted by Crippen LogP contribution is -2.45. The van der Waals surface area contributed by atoms with E-state index in [0.717, 1.165) is 24.2 Å². The summed E-state index contributed by atoms with van der Waals surface area (Å²) in [6, 6.07) is 10.1. The number of nitrogens with zero attached hydrogens (tertiary/aromatic N) is 3. The van der Waals surface area contributed by atoms with Crippen molar-refractivity contribution in [2.45, 2.75) is 57.0 Å². The van der Waals surface area contributed by atoms with Gasteiger partial charge in [0.15, 0.2) is 0 Å². The number of carbonyl (C=O) groups is 1. The lowest BCUT2D eigenvalue weighted by molar-refractivity contribution is 0.175. The quantitative estimate of drug-likeness (QED) is 0.892. The monoisotopic (exact) mass is 354 g/mol. The number of imidazole rings is 1. The van der Waals surface area contributed by atoms with Crippen LogP contribution >= 0.6 is 0 Å². The zero-order valence-electron chi connectivity index (χ0n) is 15.9. The molecule has 2 amide bonds. The van der Waals surface area contributed by atoms with Gasteiger partial charge in [-0.2, -0.15) is 0 Å². The van der Waals surface area contributed by atoms with Crippen LogP contribution in [0.2, 0.25) is 0 Å². The van der Waals surface area contributed by atoms with Crippen LogP contribution in [-0.4, -0.2) is 33.6 Å². The maximum atomic E-state index is 13.0. The molecule has 1 fully saturated rings. The van der Waals surface area contributed by atoms with Crippen LogP contribution in [0.3, 0.4) is 0 Å². The van der Waals surface area contributed by atoms with Crippen LogP contribution in [0.15, 0.2) is 42.7 Å². The second kappa shape index (κ2) is 8.88. The summed E-state index contributed by atoms with van der Waals surface area (Å²) in [5.41, 5.74) is 1.04. The molecular weight excluding hydrogens is 324 g/mol. The Morgan fingerprint density at radius 3 is 2.42 bits per heavy atom. The fourth-order valence-electron chi connectivity index (χ4n) is 3.81.